The summed E-state index contributed by atoms with van der Waals surface area (Å²) in [5, 5.41) is 35.8. The summed E-state index contributed by atoms with van der Waals surface area (Å²) < 4.78 is 29.6. The van der Waals surface area contributed by atoms with E-state index >= 15 is 0 Å². The van der Waals surface area contributed by atoms with Gasteiger partial charge < -0.3 is 48.8 Å². The molecular weight excluding hydrogens is 432 g/mol. The number of carbonyl (C=O) groups is 2. The number of hydrogen-bond donors (Lipinski definition) is 4. The van der Waals surface area contributed by atoms with Crippen LogP contribution in [0.3, 0.4) is 0 Å². The highest BCUT2D eigenvalue weighted by Crippen LogP contribution is 2.22. The molecule has 0 aliphatic carbocycles. The number of carboxylic acids is 2. The van der Waals surface area contributed by atoms with E-state index in [1.807, 2.05) is 0 Å². The molecule has 0 aromatic heterocycles. The topological polar surface area (TPSA) is 170 Å². The third-order valence-electron chi connectivity index (χ3n) is 4.12. The molecule has 0 aliphatic heterocycles. The highest BCUT2D eigenvalue weighted by molar-refractivity contribution is 5.95. The highest BCUT2D eigenvalue weighted by atomic mass is 16.8. The van der Waals surface area contributed by atoms with Crippen molar-refractivity contribution in [3.63, 3.8) is 0 Å². The van der Waals surface area contributed by atoms with Crippen molar-refractivity contribution >= 4 is 11.9 Å². The van der Waals surface area contributed by atoms with Gasteiger partial charge in [-0.2, -0.15) is 0 Å². The van der Waals surface area contributed by atoms with E-state index in [1.165, 1.54) is 6.07 Å². The summed E-state index contributed by atoms with van der Waals surface area (Å²) in [4.78, 5) is 23.2. The van der Waals surface area contributed by atoms with Gasteiger partial charge in [0.1, 0.15) is 27.2 Å². The van der Waals surface area contributed by atoms with Gasteiger partial charge in [-0.05, 0) is 48.9 Å². The molecule has 182 valence electrons. The number of aromatic carboxylic acids is 2. The lowest BCUT2D eigenvalue weighted by molar-refractivity contribution is -0.158. The lowest BCUT2D eigenvalue weighted by Gasteiger charge is -2.15. The molecule has 0 bridgehead atoms. The molecule has 0 unspecified atom stereocenters. The Morgan fingerprint density at radius 2 is 1.22 bits per heavy atom. The molecule has 1 rings (SSSR count). The Morgan fingerprint density at radius 1 is 0.688 bits per heavy atom. The minimum atomic E-state index is -1.21. The first-order chi connectivity index (χ1) is 15.5. The molecule has 4 N–H and O–H groups in total. The van der Waals surface area contributed by atoms with Gasteiger partial charge in [-0.25, -0.2) is 9.59 Å². The molecule has 1 aromatic carbocycles. The predicted octanol–water partition coefficient (Wildman–Crippen LogP) is 0.777. The second-order valence-electron chi connectivity index (χ2n) is 6.34. The first-order valence-electron chi connectivity index (χ1n) is 9.81. The zero-order valence-electron chi connectivity index (χ0n) is 17.7. The molecule has 0 spiro atoms. The van der Waals surface area contributed by atoms with E-state index in [9.17, 15) is 19.8 Å². The van der Waals surface area contributed by atoms with Crippen LogP contribution in [-0.4, -0.2) is 86.3 Å². The molecule has 0 fully saturated rings. The summed E-state index contributed by atoms with van der Waals surface area (Å²) in [5.41, 5.74) is 1.00. The van der Waals surface area contributed by atoms with E-state index in [0.29, 0.717) is 43.4 Å². The van der Waals surface area contributed by atoms with E-state index in [-0.39, 0.29) is 44.9 Å². The quantitative estimate of drug-likeness (QED) is 0.159. The van der Waals surface area contributed by atoms with Crippen LogP contribution in [-0.2, 0) is 41.3 Å². The van der Waals surface area contributed by atoms with Gasteiger partial charge in [0.25, 0.3) is 0 Å². The molecule has 0 radical (unpaired) electrons. The van der Waals surface area contributed by atoms with Crippen molar-refractivity contribution in [2.24, 2.45) is 0 Å². The summed E-state index contributed by atoms with van der Waals surface area (Å²) in [6.45, 7) is -0.616. The zero-order chi connectivity index (χ0) is 23.6. The first kappa shape index (κ1) is 27.9. The molecule has 32 heavy (non-hydrogen) atoms. The van der Waals surface area contributed by atoms with Gasteiger partial charge in [-0.1, -0.05) is 0 Å². The number of hydrogen-bond acceptors (Lipinski definition) is 10. The average molecular weight is 462 g/mol. The Balaban J connectivity index is 2.67. The van der Waals surface area contributed by atoms with Gasteiger partial charge in [0.05, 0.1) is 11.1 Å². The van der Waals surface area contributed by atoms with E-state index in [0.717, 1.165) is 6.07 Å². The summed E-state index contributed by atoms with van der Waals surface area (Å²) in [6.07, 6.45) is 1.77. The fourth-order valence-corrected chi connectivity index (χ4v) is 2.78. The third kappa shape index (κ3) is 11.5. The Bertz CT molecular complexity index is 679. The summed E-state index contributed by atoms with van der Waals surface area (Å²) in [5.74, 6) is -2.41. The lowest BCUT2D eigenvalue weighted by atomic mass is 9.92. The van der Waals surface area contributed by atoms with Gasteiger partial charge in [0, 0.05) is 13.2 Å². The van der Waals surface area contributed by atoms with Gasteiger partial charge >= 0.3 is 11.9 Å². The standard InChI is InChI=1S/C20H30O12/c21-9-29-13-31-11-27-5-1-3-15-7-16(19(23)24)8-18(20(25)26)17(15)4-2-6-28-12-32-14-30-10-22/h7-8,21-22H,1-6,9-14H2,(H,23,24)(H,25,26). The van der Waals surface area contributed by atoms with Crippen molar-refractivity contribution in [1.29, 1.82) is 0 Å². The van der Waals surface area contributed by atoms with E-state index in [2.05, 4.69) is 9.47 Å². The number of benzene rings is 1. The molecule has 0 saturated heterocycles. The minimum Gasteiger partial charge on any atom is -0.478 e. The van der Waals surface area contributed by atoms with Crippen LogP contribution < -0.4 is 0 Å². The molecule has 0 aliphatic rings. The van der Waals surface area contributed by atoms with Gasteiger partial charge in [-0.3, -0.25) is 0 Å². The van der Waals surface area contributed by atoms with Gasteiger partial charge in [0.15, 0.2) is 13.6 Å². The molecule has 1 aromatic rings. The second-order valence-corrected chi connectivity index (χ2v) is 6.34. The van der Waals surface area contributed by atoms with Crippen LogP contribution in [0.25, 0.3) is 0 Å². The normalized spacial score (nSPS) is 11.1. The molecular formula is C20H30O12. The Labute approximate surface area is 185 Å². The fourth-order valence-electron chi connectivity index (χ4n) is 2.78. The van der Waals surface area contributed by atoms with Crippen LogP contribution in [0.4, 0.5) is 0 Å². The lowest BCUT2D eigenvalue weighted by Crippen LogP contribution is -2.12. The van der Waals surface area contributed by atoms with E-state index < -0.39 is 25.5 Å². The summed E-state index contributed by atoms with van der Waals surface area (Å²) in [6, 6.07) is 2.64. The maximum atomic E-state index is 11.7. The van der Waals surface area contributed by atoms with Crippen LogP contribution in [0.1, 0.15) is 44.7 Å². The van der Waals surface area contributed by atoms with Crippen molar-refractivity contribution in [2.45, 2.75) is 25.7 Å². The molecule has 0 heterocycles. The van der Waals surface area contributed by atoms with Crippen LogP contribution in [0, 0.1) is 0 Å². The smallest absolute Gasteiger partial charge is 0.335 e. The highest BCUT2D eigenvalue weighted by Gasteiger charge is 2.18. The Kier molecular flexibility index (Phi) is 15.2. The fraction of sp³-hybridized carbons (Fsp3) is 0.600. The molecule has 0 atom stereocenters. The number of aliphatic hydroxyl groups excluding tert-OH is 2. The van der Waals surface area contributed by atoms with Crippen LogP contribution >= 0.6 is 0 Å². The number of rotatable bonds is 20. The molecule has 12 heteroatoms. The van der Waals surface area contributed by atoms with Crippen molar-refractivity contribution in [2.75, 3.05) is 54.0 Å². The van der Waals surface area contributed by atoms with Crippen molar-refractivity contribution in [3.8, 4) is 0 Å². The third-order valence-corrected chi connectivity index (χ3v) is 4.12. The van der Waals surface area contributed by atoms with Crippen molar-refractivity contribution < 1.29 is 58.4 Å². The Hall–Kier alpha value is -2.16. The van der Waals surface area contributed by atoms with Crippen LogP contribution in [0.15, 0.2) is 12.1 Å². The maximum absolute atomic E-state index is 11.7. The zero-order valence-corrected chi connectivity index (χ0v) is 17.7. The second kappa shape index (κ2) is 17.4. The van der Waals surface area contributed by atoms with E-state index in [4.69, 9.17) is 29.2 Å². The first-order valence-corrected chi connectivity index (χ1v) is 9.81. The number of aliphatic hydroxyl groups is 2. The van der Waals surface area contributed by atoms with Crippen LogP contribution in [0.5, 0.6) is 0 Å². The van der Waals surface area contributed by atoms with Crippen LogP contribution in [0.2, 0.25) is 0 Å². The number of ether oxygens (including phenoxy) is 6. The van der Waals surface area contributed by atoms with Crippen molar-refractivity contribution in [3.05, 3.63) is 34.4 Å². The number of aryl methyl sites for hydroxylation is 1. The maximum Gasteiger partial charge on any atom is 0.335 e. The molecule has 0 saturated carbocycles. The summed E-state index contributed by atoms with van der Waals surface area (Å²) >= 11 is 0. The minimum absolute atomic E-state index is 0.0366. The average Bonchev–Trinajstić information content (AvgIpc) is 2.77. The number of carboxylic acid groups (broad SMARTS) is 2. The predicted molar refractivity (Wildman–Crippen MR) is 107 cm³/mol. The summed E-state index contributed by atoms with van der Waals surface area (Å²) in [7, 11) is 0. The van der Waals surface area contributed by atoms with Gasteiger partial charge in [-0.15, -0.1) is 0 Å². The van der Waals surface area contributed by atoms with E-state index in [1.54, 1.807) is 0 Å². The monoisotopic (exact) mass is 462 g/mol. The SMILES string of the molecule is O=C(O)c1cc(CCCOCOCOCO)c(CCCOCOCOCO)c(C(=O)O)c1. The largest absolute Gasteiger partial charge is 0.478 e. The molecule has 12 nitrogen and oxygen atoms in total. The van der Waals surface area contributed by atoms with Crippen molar-refractivity contribution in [1.82, 2.24) is 0 Å². The Morgan fingerprint density at radius 3 is 1.72 bits per heavy atom. The molecule has 0 amide bonds. The van der Waals surface area contributed by atoms with Gasteiger partial charge in [0.2, 0.25) is 0 Å².